The second kappa shape index (κ2) is 11.6. The van der Waals surface area contributed by atoms with Crippen molar-refractivity contribution in [2.45, 2.75) is 50.8 Å². The molecular weight excluding hydrogens is 552 g/mol. The predicted octanol–water partition coefficient (Wildman–Crippen LogP) is 5.57. The van der Waals surface area contributed by atoms with Crippen LogP contribution in [0.1, 0.15) is 59.4 Å². The molecule has 1 aliphatic carbocycles. The largest absolute Gasteiger partial charge is 0.483 e. The van der Waals surface area contributed by atoms with Crippen molar-refractivity contribution in [2.24, 2.45) is 7.05 Å². The Balaban J connectivity index is 1.40. The Hall–Kier alpha value is -2.37. The summed E-state index contributed by atoms with van der Waals surface area (Å²) in [6.07, 6.45) is 3.59. The van der Waals surface area contributed by atoms with Gasteiger partial charge in [0.15, 0.2) is 17.1 Å². The molecule has 186 valence electrons. The van der Waals surface area contributed by atoms with Crippen molar-refractivity contribution >= 4 is 55.9 Å². The summed E-state index contributed by atoms with van der Waals surface area (Å²) in [6, 6.07) is 7.58. The summed E-state index contributed by atoms with van der Waals surface area (Å²) < 4.78 is 14.0. The van der Waals surface area contributed by atoms with Crippen molar-refractivity contribution in [2.75, 3.05) is 17.7 Å². The number of thiophene rings is 1. The standard InChI is InChI=1S/C24H27BrN4O4S2/c1-4-32-23(31)20-17-7-5-6-8-18(17)35-22(20)26-19(30)13-34-24-28-27-21(29(24)3)14(2)33-16-11-9-15(25)10-12-16/h9-12,14H,4-8,13H2,1-3H3,(H,26,30). The van der Waals surface area contributed by atoms with Gasteiger partial charge in [-0.3, -0.25) is 4.79 Å². The van der Waals surface area contributed by atoms with E-state index in [0.29, 0.717) is 28.2 Å². The number of carbonyl (C=O) groups excluding carboxylic acids is 2. The van der Waals surface area contributed by atoms with Crippen LogP contribution in [0.2, 0.25) is 0 Å². The molecule has 1 N–H and O–H groups in total. The smallest absolute Gasteiger partial charge is 0.341 e. The van der Waals surface area contributed by atoms with Crippen molar-refractivity contribution in [3.05, 3.63) is 50.6 Å². The van der Waals surface area contributed by atoms with Gasteiger partial charge in [-0.25, -0.2) is 4.79 Å². The molecule has 8 nitrogen and oxygen atoms in total. The molecule has 1 atom stereocenters. The van der Waals surface area contributed by atoms with Gasteiger partial charge in [0.05, 0.1) is 17.9 Å². The number of amides is 1. The average molecular weight is 580 g/mol. The van der Waals surface area contributed by atoms with Gasteiger partial charge in [-0.15, -0.1) is 21.5 Å². The van der Waals surface area contributed by atoms with Crippen molar-refractivity contribution in [1.82, 2.24) is 14.8 Å². The first-order valence-electron chi connectivity index (χ1n) is 11.4. The normalized spacial score (nSPS) is 13.7. The monoisotopic (exact) mass is 578 g/mol. The van der Waals surface area contributed by atoms with E-state index in [1.807, 2.05) is 42.8 Å². The molecule has 1 aliphatic rings. The summed E-state index contributed by atoms with van der Waals surface area (Å²) >= 11 is 6.18. The zero-order valence-electron chi connectivity index (χ0n) is 19.8. The molecule has 2 heterocycles. The minimum atomic E-state index is -0.368. The molecule has 2 aromatic heterocycles. The number of hydrogen-bond donors (Lipinski definition) is 1. The van der Waals surface area contributed by atoms with Gasteiger partial charge < -0.3 is 19.4 Å². The highest BCUT2D eigenvalue weighted by atomic mass is 79.9. The molecule has 0 bridgehead atoms. The fourth-order valence-electron chi connectivity index (χ4n) is 3.94. The highest BCUT2D eigenvalue weighted by molar-refractivity contribution is 9.10. The Morgan fingerprint density at radius 1 is 1.23 bits per heavy atom. The van der Waals surface area contributed by atoms with E-state index in [0.717, 1.165) is 41.5 Å². The number of thioether (sulfide) groups is 1. The maximum absolute atomic E-state index is 12.8. The second-order valence-electron chi connectivity index (χ2n) is 8.09. The molecule has 4 rings (SSSR count). The highest BCUT2D eigenvalue weighted by Crippen LogP contribution is 2.38. The van der Waals surface area contributed by atoms with Gasteiger partial charge in [-0.05, 0) is 69.4 Å². The van der Waals surface area contributed by atoms with Crippen LogP contribution in [0, 0.1) is 0 Å². The van der Waals surface area contributed by atoms with E-state index in [1.165, 1.54) is 28.0 Å². The molecule has 0 saturated carbocycles. The molecular formula is C24H27BrN4O4S2. The van der Waals surface area contributed by atoms with Crippen molar-refractivity contribution < 1.29 is 19.1 Å². The first-order chi connectivity index (χ1) is 16.9. The number of aryl methyl sites for hydroxylation is 1. The fraction of sp³-hybridized carbons (Fsp3) is 0.417. The maximum atomic E-state index is 12.8. The zero-order valence-corrected chi connectivity index (χ0v) is 23.0. The number of anilines is 1. The Morgan fingerprint density at radius 3 is 2.71 bits per heavy atom. The first kappa shape index (κ1) is 25.7. The number of nitrogens with zero attached hydrogens (tertiary/aromatic N) is 3. The number of ether oxygens (including phenoxy) is 2. The van der Waals surface area contributed by atoms with Gasteiger partial charge >= 0.3 is 5.97 Å². The summed E-state index contributed by atoms with van der Waals surface area (Å²) in [5.74, 6) is 0.953. The molecule has 0 spiro atoms. The molecule has 0 saturated heterocycles. The summed E-state index contributed by atoms with van der Waals surface area (Å²) in [6.45, 7) is 3.99. The molecule has 0 aliphatic heterocycles. The lowest BCUT2D eigenvalue weighted by molar-refractivity contribution is -0.113. The summed E-state index contributed by atoms with van der Waals surface area (Å²) in [5, 5.41) is 12.6. The second-order valence-corrected chi connectivity index (χ2v) is 11.0. The molecule has 0 fully saturated rings. The number of fused-ring (bicyclic) bond motifs is 1. The lowest BCUT2D eigenvalue weighted by atomic mass is 9.95. The van der Waals surface area contributed by atoms with Crippen LogP contribution in [0.5, 0.6) is 5.75 Å². The highest BCUT2D eigenvalue weighted by Gasteiger charge is 2.27. The summed E-state index contributed by atoms with van der Waals surface area (Å²) in [5.41, 5.74) is 1.55. The fourth-order valence-corrected chi connectivity index (χ4v) is 6.22. The number of carbonyl (C=O) groups is 2. The lowest BCUT2D eigenvalue weighted by Gasteiger charge is -2.14. The van der Waals surface area contributed by atoms with Crippen LogP contribution in [0.4, 0.5) is 5.00 Å². The third-order valence-corrected chi connectivity index (χ3v) is 8.35. The van der Waals surface area contributed by atoms with Gasteiger partial charge in [-0.2, -0.15) is 0 Å². The zero-order chi connectivity index (χ0) is 24.9. The quantitative estimate of drug-likeness (QED) is 0.262. The number of halogens is 1. The number of aromatic nitrogens is 3. The van der Waals surface area contributed by atoms with Crippen LogP contribution in [-0.2, 0) is 29.4 Å². The molecule has 1 unspecified atom stereocenters. The maximum Gasteiger partial charge on any atom is 0.341 e. The lowest BCUT2D eigenvalue weighted by Crippen LogP contribution is -2.17. The van der Waals surface area contributed by atoms with Crippen LogP contribution in [0.25, 0.3) is 0 Å². The van der Waals surface area contributed by atoms with E-state index in [2.05, 4.69) is 31.4 Å². The van der Waals surface area contributed by atoms with Crippen molar-refractivity contribution in [3.63, 3.8) is 0 Å². The number of rotatable bonds is 9. The molecule has 11 heteroatoms. The molecule has 1 aromatic carbocycles. The van der Waals surface area contributed by atoms with Crippen LogP contribution in [-0.4, -0.2) is 39.0 Å². The Kier molecular flexibility index (Phi) is 8.51. The summed E-state index contributed by atoms with van der Waals surface area (Å²) in [7, 11) is 1.85. The van der Waals surface area contributed by atoms with E-state index in [4.69, 9.17) is 9.47 Å². The van der Waals surface area contributed by atoms with E-state index in [1.54, 1.807) is 6.92 Å². The van der Waals surface area contributed by atoms with Crippen LogP contribution in [0.15, 0.2) is 33.9 Å². The van der Waals surface area contributed by atoms with Gasteiger partial charge in [0.25, 0.3) is 0 Å². The minimum absolute atomic E-state index is 0.138. The van der Waals surface area contributed by atoms with Gasteiger partial charge in [0.1, 0.15) is 10.8 Å². The van der Waals surface area contributed by atoms with E-state index < -0.39 is 0 Å². The van der Waals surface area contributed by atoms with Gasteiger partial charge in [0.2, 0.25) is 5.91 Å². The topological polar surface area (TPSA) is 95.3 Å². The molecule has 3 aromatic rings. The number of hydrogen-bond acceptors (Lipinski definition) is 8. The third kappa shape index (κ3) is 6.07. The van der Waals surface area contributed by atoms with Crippen LogP contribution >= 0.6 is 39.0 Å². The van der Waals surface area contributed by atoms with E-state index in [9.17, 15) is 9.59 Å². The summed E-state index contributed by atoms with van der Waals surface area (Å²) in [4.78, 5) is 26.6. The third-order valence-electron chi connectivity index (χ3n) is 5.59. The Morgan fingerprint density at radius 2 is 1.97 bits per heavy atom. The molecule has 35 heavy (non-hydrogen) atoms. The van der Waals surface area contributed by atoms with Crippen molar-refractivity contribution in [1.29, 1.82) is 0 Å². The minimum Gasteiger partial charge on any atom is -0.483 e. The first-order valence-corrected chi connectivity index (χ1v) is 14.0. The van der Waals surface area contributed by atoms with Gasteiger partial charge in [-0.1, -0.05) is 27.7 Å². The van der Waals surface area contributed by atoms with E-state index >= 15 is 0 Å². The van der Waals surface area contributed by atoms with E-state index in [-0.39, 0.29) is 23.7 Å². The Bertz CT molecular complexity index is 1210. The van der Waals surface area contributed by atoms with Crippen LogP contribution in [0.3, 0.4) is 0 Å². The predicted molar refractivity (Wildman–Crippen MR) is 140 cm³/mol. The van der Waals surface area contributed by atoms with Gasteiger partial charge in [0, 0.05) is 16.4 Å². The SMILES string of the molecule is CCOC(=O)c1c(NC(=O)CSc2nnc(C(C)Oc3ccc(Br)cc3)n2C)sc2c1CCCC2. The average Bonchev–Trinajstić information content (AvgIpc) is 3.39. The molecule has 1 amide bonds. The number of nitrogens with one attached hydrogen (secondary N) is 1. The Labute approximate surface area is 220 Å². The van der Waals surface area contributed by atoms with Crippen LogP contribution < -0.4 is 10.1 Å². The number of esters is 1. The molecule has 0 radical (unpaired) electrons. The van der Waals surface area contributed by atoms with Crippen molar-refractivity contribution in [3.8, 4) is 5.75 Å². The number of benzene rings is 1.